The molecule has 1 aromatic heterocycles. The molecule has 4 nitrogen and oxygen atoms in total. The minimum absolute atomic E-state index is 0. The fourth-order valence-corrected chi connectivity index (χ4v) is 3.82. The van der Waals surface area contributed by atoms with Crippen molar-refractivity contribution in [3.05, 3.63) is 70.7 Å². The van der Waals surface area contributed by atoms with Crippen molar-refractivity contribution in [3.8, 4) is 0 Å². The Bertz CT molecular complexity index is 975. The van der Waals surface area contributed by atoms with Crippen molar-refractivity contribution in [3.63, 3.8) is 0 Å². The zero-order valence-corrected chi connectivity index (χ0v) is 17.5. The molecule has 2 heterocycles. The second-order valence-corrected chi connectivity index (χ2v) is 7.65. The van der Waals surface area contributed by atoms with Crippen LogP contribution in [0.5, 0.6) is 0 Å². The lowest BCUT2D eigenvalue weighted by atomic mass is 10.1. The van der Waals surface area contributed by atoms with Crippen LogP contribution in [0, 0.1) is 5.82 Å². The molecule has 1 aliphatic rings. The lowest BCUT2D eigenvalue weighted by Gasteiger charge is -2.21. The summed E-state index contributed by atoms with van der Waals surface area (Å²) in [5.41, 5.74) is 1.68. The molecule has 29 heavy (non-hydrogen) atoms. The molecule has 1 saturated heterocycles. The first-order valence-electron chi connectivity index (χ1n) is 9.49. The number of hydrogen-bond donors (Lipinski definition) is 0. The van der Waals surface area contributed by atoms with Crippen molar-refractivity contribution in [1.29, 1.82) is 0 Å². The van der Waals surface area contributed by atoms with Crippen LogP contribution < -0.4 is 0 Å². The molecule has 0 spiro atoms. The van der Waals surface area contributed by atoms with E-state index in [1.54, 1.807) is 12.1 Å². The van der Waals surface area contributed by atoms with Crippen LogP contribution in [-0.2, 0) is 17.8 Å². The summed E-state index contributed by atoms with van der Waals surface area (Å²) < 4.78 is 18.9. The van der Waals surface area contributed by atoms with E-state index in [1.807, 2.05) is 29.2 Å². The van der Waals surface area contributed by atoms with Gasteiger partial charge in [-0.05, 0) is 48.4 Å². The molecule has 0 N–H and O–H groups in total. The highest BCUT2D eigenvalue weighted by atomic mass is 35.5. The molecule has 1 aliphatic heterocycles. The standard InChI is InChI=1S/C22H22ClFN2O2.ClH/c23-18-4-7-21-17(13-18)14-20(28-21)15-25-8-1-9-26(11-10-25)22(27)12-16-2-5-19(24)6-3-16;/h2-7,13-14H,1,8-12,15H2;1H. The van der Waals surface area contributed by atoms with Crippen LogP contribution in [0.2, 0.25) is 5.02 Å². The maximum atomic E-state index is 13.0. The molecule has 1 amide bonds. The number of carbonyl (C=O) groups excluding carboxylic acids is 1. The highest BCUT2D eigenvalue weighted by molar-refractivity contribution is 6.31. The molecule has 0 saturated carbocycles. The maximum Gasteiger partial charge on any atom is 0.227 e. The number of nitrogens with zero attached hydrogens (tertiary/aromatic N) is 2. The Morgan fingerprint density at radius 3 is 2.62 bits per heavy atom. The number of furan rings is 1. The minimum Gasteiger partial charge on any atom is -0.460 e. The number of amides is 1. The topological polar surface area (TPSA) is 36.7 Å². The largest absolute Gasteiger partial charge is 0.460 e. The number of hydrogen-bond acceptors (Lipinski definition) is 3. The maximum absolute atomic E-state index is 13.0. The van der Waals surface area contributed by atoms with Crippen LogP contribution in [0.25, 0.3) is 11.0 Å². The van der Waals surface area contributed by atoms with E-state index in [-0.39, 0.29) is 24.1 Å². The molecule has 154 valence electrons. The van der Waals surface area contributed by atoms with E-state index in [0.717, 1.165) is 48.3 Å². The van der Waals surface area contributed by atoms with Crippen LogP contribution >= 0.6 is 24.0 Å². The van der Waals surface area contributed by atoms with Crippen LogP contribution in [0.3, 0.4) is 0 Å². The molecular weight excluding hydrogens is 414 g/mol. The van der Waals surface area contributed by atoms with Crippen molar-refractivity contribution < 1.29 is 13.6 Å². The zero-order chi connectivity index (χ0) is 19.5. The van der Waals surface area contributed by atoms with Crippen LogP contribution in [0.15, 0.2) is 52.9 Å². The fraction of sp³-hybridized carbons (Fsp3) is 0.318. The van der Waals surface area contributed by atoms with Gasteiger partial charge in [0.25, 0.3) is 0 Å². The summed E-state index contributed by atoms with van der Waals surface area (Å²) in [6, 6.07) is 13.8. The minimum atomic E-state index is -0.283. The number of halogens is 3. The lowest BCUT2D eigenvalue weighted by molar-refractivity contribution is -0.130. The van der Waals surface area contributed by atoms with Gasteiger partial charge in [0.1, 0.15) is 17.2 Å². The molecule has 0 unspecified atom stereocenters. The summed E-state index contributed by atoms with van der Waals surface area (Å²) in [7, 11) is 0. The number of benzene rings is 2. The van der Waals surface area contributed by atoms with Crippen molar-refractivity contribution >= 4 is 40.9 Å². The van der Waals surface area contributed by atoms with Crippen LogP contribution in [0.1, 0.15) is 17.7 Å². The summed E-state index contributed by atoms with van der Waals surface area (Å²) in [6.07, 6.45) is 1.23. The van der Waals surface area contributed by atoms with Gasteiger partial charge < -0.3 is 9.32 Å². The number of carbonyl (C=O) groups is 1. The molecule has 7 heteroatoms. The van der Waals surface area contributed by atoms with Crippen LogP contribution in [-0.4, -0.2) is 41.9 Å². The van der Waals surface area contributed by atoms with Gasteiger partial charge in [0.05, 0.1) is 13.0 Å². The Labute approximate surface area is 180 Å². The summed E-state index contributed by atoms with van der Waals surface area (Å²) in [5.74, 6) is 0.713. The number of rotatable bonds is 4. The molecule has 0 bridgehead atoms. The van der Waals surface area contributed by atoms with Gasteiger partial charge in [-0.3, -0.25) is 9.69 Å². The Kier molecular flexibility index (Phi) is 7.17. The Morgan fingerprint density at radius 2 is 1.83 bits per heavy atom. The van der Waals surface area contributed by atoms with E-state index in [9.17, 15) is 9.18 Å². The third-order valence-electron chi connectivity index (χ3n) is 5.12. The normalized spacial score (nSPS) is 15.2. The van der Waals surface area contributed by atoms with Gasteiger partial charge >= 0.3 is 0 Å². The zero-order valence-electron chi connectivity index (χ0n) is 15.9. The first-order valence-corrected chi connectivity index (χ1v) is 9.87. The Balaban J connectivity index is 0.00000240. The monoisotopic (exact) mass is 436 g/mol. The van der Waals surface area contributed by atoms with Crippen molar-refractivity contribution in [1.82, 2.24) is 9.80 Å². The predicted octanol–water partition coefficient (Wildman–Crippen LogP) is 4.92. The van der Waals surface area contributed by atoms with Gasteiger partial charge in [-0.15, -0.1) is 12.4 Å². The van der Waals surface area contributed by atoms with E-state index < -0.39 is 0 Å². The van der Waals surface area contributed by atoms with Gasteiger partial charge in [-0.1, -0.05) is 23.7 Å². The van der Waals surface area contributed by atoms with Gasteiger partial charge in [0.15, 0.2) is 0 Å². The molecule has 0 atom stereocenters. The van der Waals surface area contributed by atoms with Gasteiger partial charge in [0, 0.05) is 36.6 Å². The van der Waals surface area contributed by atoms with E-state index >= 15 is 0 Å². The molecule has 0 aliphatic carbocycles. The van der Waals surface area contributed by atoms with Crippen LogP contribution in [0.4, 0.5) is 4.39 Å². The number of fused-ring (bicyclic) bond motifs is 1. The van der Waals surface area contributed by atoms with E-state index in [1.165, 1.54) is 12.1 Å². The van der Waals surface area contributed by atoms with E-state index in [4.69, 9.17) is 16.0 Å². The average Bonchev–Trinajstić information content (AvgIpc) is 2.91. The highest BCUT2D eigenvalue weighted by Crippen LogP contribution is 2.24. The van der Waals surface area contributed by atoms with Gasteiger partial charge in [0.2, 0.25) is 5.91 Å². The average molecular weight is 437 g/mol. The SMILES string of the molecule is Cl.O=C(Cc1ccc(F)cc1)N1CCCN(Cc2cc3cc(Cl)ccc3o2)CC1. The molecule has 2 aromatic carbocycles. The Morgan fingerprint density at radius 1 is 1.03 bits per heavy atom. The quantitative estimate of drug-likeness (QED) is 0.581. The summed E-state index contributed by atoms with van der Waals surface area (Å²) in [4.78, 5) is 16.8. The van der Waals surface area contributed by atoms with Gasteiger partial charge in [-0.25, -0.2) is 4.39 Å². The van der Waals surface area contributed by atoms with E-state index in [0.29, 0.717) is 24.5 Å². The lowest BCUT2D eigenvalue weighted by Crippen LogP contribution is -2.36. The first-order chi connectivity index (χ1) is 13.6. The third kappa shape index (κ3) is 5.50. The molecule has 0 radical (unpaired) electrons. The Hall–Kier alpha value is -2.08. The smallest absolute Gasteiger partial charge is 0.227 e. The molecule has 1 fully saturated rings. The third-order valence-corrected chi connectivity index (χ3v) is 5.35. The molecule has 4 rings (SSSR count). The molecule has 3 aromatic rings. The van der Waals surface area contributed by atoms with Crippen molar-refractivity contribution in [2.75, 3.05) is 26.2 Å². The summed E-state index contributed by atoms with van der Waals surface area (Å²) in [6.45, 7) is 3.86. The second-order valence-electron chi connectivity index (χ2n) is 7.21. The van der Waals surface area contributed by atoms with Crippen molar-refractivity contribution in [2.45, 2.75) is 19.4 Å². The summed E-state index contributed by atoms with van der Waals surface area (Å²) >= 11 is 6.04. The van der Waals surface area contributed by atoms with Crippen molar-refractivity contribution in [2.24, 2.45) is 0 Å². The summed E-state index contributed by atoms with van der Waals surface area (Å²) in [5, 5.41) is 1.71. The first kappa shape index (κ1) is 21.6. The highest BCUT2D eigenvalue weighted by Gasteiger charge is 2.20. The fourth-order valence-electron chi connectivity index (χ4n) is 3.63. The second kappa shape index (κ2) is 9.61. The van der Waals surface area contributed by atoms with E-state index in [2.05, 4.69) is 4.90 Å². The predicted molar refractivity (Wildman–Crippen MR) is 115 cm³/mol. The molecular formula is C22H23Cl2FN2O2. The van der Waals surface area contributed by atoms with Gasteiger partial charge in [-0.2, -0.15) is 0 Å².